The van der Waals surface area contributed by atoms with E-state index in [1.54, 1.807) is 58.0 Å². The fraction of sp³-hybridized carbons (Fsp3) is 0.133. The number of benzene rings is 3. The molecule has 0 atom stereocenters. The molecule has 3 N–H and O–H groups in total. The molecule has 0 spiro atoms. The number of nitrogens with zero attached hydrogens (tertiary/aromatic N) is 3. The van der Waals surface area contributed by atoms with Gasteiger partial charge in [0.05, 0.1) is 39.5 Å². The summed E-state index contributed by atoms with van der Waals surface area (Å²) >= 11 is 1.74. The van der Waals surface area contributed by atoms with Crippen molar-refractivity contribution in [1.29, 1.82) is 0 Å². The first-order chi connectivity index (χ1) is 19.5. The minimum atomic E-state index is 0.659. The maximum atomic E-state index is 5.52. The Hall–Kier alpha value is -4.96. The predicted octanol–water partition coefficient (Wildman–Crippen LogP) is 6.66. The summed E-state index contributed by atoms with van der Waals surface area (Å²) in [5, 5.41) is 9.30. The summed E-state index contributed by atoms with van der Waals surface area (Å²) in [5.74, 6) is 3.41. The van der Waals surface area contributed by atoms with Gasteiger partial charge < -0.3 is 30.0 Å². The third-order valence-electron chi connectivity index (χ3n) is 6.10. The highest BCUT2D eigenvalue weighted by atomic mass is 32.1. The first-order valence-corrected chi connectivity index (χ1v) is 13.1. The zero-order valence-corrected chi connectivity index (χ0v) is 23.4. The van der Waals surface area contributed by atoms with E-state index in [0.717, 1.165) is 21.9 Å². The van der Waals surface area contributed by atoms with Gasteiger partial charge in [-0.2, -0.15) is 0 Å². The minimum Gasteiger partial charge on any atom is -0.493 e. The van der Waals surface area contributed by atoms with E-state index in [4.69, 9.17) is 29.8 Å². The molecule has 0 unspecified atom stereocenters. The predicted molar refractivity (Wildman–Crippen MR) is 161 cm³/mol. The first kappa shape index (κ1) is 26.6. The lowest BCUT2D eigenvalue weighted by atomic mass is 10.2. The molecule has 6 aromatic rings. The molecule has 3 heterocycles. The lowest BCUT2D eigenvalue weighted by molar-refractivity contribution is 0.355. The molecule has 10 heteroatoms. The minimum absolute atomic E-state index is 0.659. The van der Waals surface area contributed by atoms with Crippen molar-refractivity contribution in [2.75, 3.05) is 39.5 Å². The summed E-state index contributed by atoms with van der Waals surface area (Å²) in [7, 11) is 6.41. The molecule has 0 radical (unpaired) electrons. The van der Waals surface area contributed by atoms with Gasteiger partial charge in [-0.3, -0.25) is 0 Å². The molecule has 0 aliphatic rings. The van der Waals surface area contributed by atoms with Gasteiger partial charge >= 0.3 is 0 Å². The maximum Gasteiger partial charge on any atom is 0.162 e. The summed E-state index contributed by atoms with van der Waals surface area (Å²) in [6.07, 6.45) is 1.87. The maximum absolute atomic E-state index is 5.52. The monoisotopic (exact) mass is 555 g/mol. The van der Waals surface area contributed by atoms with Crippen molar-refractivity contribution in [2.45, 2.75) is 0 Å². The summed E-state index contributed by atoms with van der Waals surface area (Å²) in [6.45, 7) is 0. The van der Waals surface area contributed by atoms with E-state index in [9.17, 15) is 0 Å². The van der Waals surface area contributed by atoms with Crippen LogP contribution in [0.25, 0.3) is 26.3 Å². The Bertz CT molecular complexity index is 1730. The molecule has 0 bridgehead atoms. The molecule has 0 fully saturated rings. The van der Waals surface area contributed by atoms with Gasteiger partial charge in [-0.05, 0) is 53.9 Å². The second-order valence-corrected chi connectivity index (χ2v) is 9.67. The highest BCUT2D eigenvalue weighted by Gasteiger charge is 2.12. The molecule has 6 rings (SSSR count). The molecular formula is C30H29N5O4S. The van der Waals surface area contributed by atoms with Crippen molar-refractivity contribution in [1.82, 2.24) is 14.6 Å². The first-order valence-electron chi connectivity index (χ1n) is 12.3. The lowest BCUT2D eigenvalue weighted by Crippen LogP contribution is -2.00. The van der Waals surface area contributed by atoms with Crippen molar-refractivity contribution in [3.05, 3.63) is 85.1 Å². The van der Waals surface area contributed by atoms with E-state index >= 15 is 0 Å². The molecule has 3 aromatic carbocycles. The van der Waals surface area contributed by atoms with Gasteiger partial charge in [0.25, 0.3) is 0 Å². The van der Waals surface area contributed by atoms with E-state index in [0.29, 0.717) is 34.5 Å². The second kappa shape index (κ2) is 11.8. The van der Waals surface area contributed by atoms with Gasteiger partial charge in [0.15, 0.2) is 34.5 Å². The molecule has 0 aliphatic heterocycles. The van der Waals surface area contributed by atoms with Gasteiger partial charge in [-0.15, -0.1) is 16.4 Å². The number of hydrogen-bond donors (Lipinski definition) is 2. The van der Waals surface area contributed by atoms with Gasteiger partial charge in [0.2, 0.25) is 0 Å². The summed E-state index contributed by atoms with van der Waals surface area (Å²) in [5.41, 5.74) is 8.82. The van der Waals surface area contributed by atoms with Crippen LogP contribution in [-0.4, -0.2) is 43.0 Å². The molecule has 0 saturated carbocycles. The number of nitrogens with one attached hydrogen (secondary N) is 1. The van der Waals surface area contributed by atoms with Gasteiger partial charge in [0, 0.05) is 28.2 Å². The molecule has 3 aromatic heterocycles. The standard InChI is InChI=1S/C22H18N4O2S.C8H11NO2/c1-27-17-8-7-15(12-18(17)28-2)24-21-9-10-22-23-13-16(26(22)25-21)20-11-14-5-3-4-6-19(14)29-20;1-10-7-4-3-6(9)5-8(7)11-2/h3-13H,1-2H3,(H,24,25);3-5H,9H2,1-2H3. The Morgan fingerprint density at radius 3 is 2.17 bits per heavy atom. The summed E-state index contributed by atoms with van der Waals surface area (Å²) < 4.78 is 23.8. The molecular weight excluding hydrogens is 526 g/mol. The number of aromatic nitrogens is 3. The van der Waals surface area contributed by atoms with Crippen LogP contribution in [0.3, 0.4) is 0 Å². The van der Waals surface area contributed by atoms with Crippen molar-refractivity contribution in [3.63, 3.8) is 0 Å². The van der Waals surface area contributed by atoms with Crippen LogP contribution < -0.4 is 30.0 Å². The van der Waals surface area contributed by atoms with Crippen LogP contribution in [0.5, 0.6) is 23.0 Å². The van der Waals surface area contributed by atoms with Crippen LogP contribution in [0, 0.1) is 0 Å². The largest absolute Gasteiger partial charge is 0.493 e. The van der Waals surface area contributed by atoms with Crippen LogP contribution in [0.4, 0.5) is 17.2 Å². The smallest absolute Gasteiger partial charge is 0.162 e. The highest BCUT2D eigenvalue weighted by molar-refractivity contribution is 7.22. The zero-order chi connectivity index (χ0) is 28.1. The zero-order valence-electron chi connectivity index (χ0n) is 22.5. The third kappa shape index (κ3) is 5.57. The van der Waals surface area contributed by atoms with Gasteiger partial charge in [0.1, 0.15) is 5.69 Å². The fourth-order valence-electron chi connectivity index (χ4n) is 4.13. The Morgan fingerprint density at radius 2 is 1.45 bits per heavy atom. The van der Waals surface area contributed by atoms with E-state index < -0.39 is 0 Å². The van der Waals surface area contributed by atoms with E-state index in [1.807, 2.05) is 41.0 Å². The highest BCUT2D eigenvalue weighted by Crippen LogP contribution is 2.34. The molecule has 40 heavy (non-hydrogen) atoms. The van der Waals surface area contributed by atoms with E-state index in [2.05, 4.69) is 40.6 Å². The van der Waals surface area contributed by atoms with Crippen LogP contribution in [0.15, 0.2) is 85.1 Å². The fourth-order valence-corrected chi connectivity index (χ4v) is 5.19. The van der Waals surface area contributed by atoms with Crippen LogP contribution >= 0.6 is 11.3 Å². The van der Waals surface area contributed by atoms with E-state index in [-0.39, 0.29) is 0 Å². The number of nitrogen functional groups attached to an aromatic ring is 1. The lowest BCUT2D eigenvalue weighted by Gasteiger charge is -2.11. The van der Waals surface area contributed by atoms with E-state index in [1.165, 1.54) is 10.1 Å². The average molecular weight is 556 g/mol. The second-order valence-electron chi connectivity index (χ2n) is 8.59. The SMILES string of the molecule is COc1ccc(N)cc1OC.COc1ccc(Nc2ccc3ncc(-c4cc5ccccc5s4)n3n2)cc1OC. The number of fused-ring (bicyclic) bond motifs is 2. The molecule has 0 amide bonds. The molecule has 9 nitrogen and oxygen atoms in total. The molecule has 0 saturated heterocycles. The van der Waals surface area contributed by atoms with Crippen molar-refractivity contribution in [2.24, 2.45) is 0 Å². The number of ether oxygens (including phenoxy) is 4. The topological polar surface area (TPSA) is 105 Å². The third-order valence-corrected chi connectivity index (χ3v) is 7.24. The number of nitrogens with two attached hydrogens (primary N) is 1. The summed E-state index contributed by atoms with van der Waals surface area (Å²) in [4.78, 5) is 5.64. The molecule has 204 valence electrons. The Morgan fingerprint density at radius 1 is 0.750 bits per heavy atom. The Kier molecular flexibility index (Phi) is 7.88. The van der Waals surface area contributed by atoms with Crippen LogP contribution in [-0.2, 0) is 0 Å². The van der Waals surface area contributed by atoms with Gasteiger partial charge in [-0.25, -0.2) is 9.50 Å². The number of methoxy groups -OCH3 is 4. The quantitative estimate of drug-likeness (QED) is 0.211. The van der Waals surface area contributed by atoms with Crippen LogP contribution in [0.2, 0.25) is 0 Å². The van der Waals surface area contributed by atoms with Crippen LogP contribution in [0.1, 0.15) is 0 Å². The average Bonchev–Trinajstić information content (AvgIpc) is 3.61. The number of anilines is 3. The molecule has 0 aliphatic carbocycles. The normalized spacial score (nSPS) is 10.6. The van der Waals surface area contributed by atoms with Gasteiger partial charge in [-0.1, -0.05) is 18.2 Å². The number of rotatable bonds is 7. The number of thiophene rings is 1. The Balaban J connectivity index is 0.000000248. The number of hydrogen-bond acceptors (Lipinski definition) is 9. The van der Waals surface area contributed by atoms with Crippen molar-refractivity contribution in [3.8, 4) is 33.6 Å². The summed E-state index contributed by atoms with van der Waals surface area (Å²) in [6, 6.07) is 25.3. The van der Waals surface area contributed by atoms with Crippen molar-refractivity contribution < 1.29 is 18.9 Å². The number of imidazole rings is 1. The Labute approximate surface area is 235 Å². The van der Waals surface area contributed by atoms with Crippen molar-refractivity contribution >= 4 is 44.3 Å².